The molecule has 2 rings (SSSR count). The Hall–Kier alpha value is -2.05. The maximum Gasteiger partial charge on any atom is 0.326 e. The Kier molecular flexibility index (Phi) is 3.96. The van der Waals surface area contributed by atoms with Gasteiger partial charge in [0.1, 0.15) is 6.04 Å². The van der Waals surface area contributed by atoms with Crippen LogP contribution in [0.3, 0.4) is 0 Å². The maximum absolute atomic E-state index is 11.9. The number of carboxylic acids is 1. The minimum atomic E-state index is -1.07. The molecule has 0 saturated heterocycles. The quantitative estimate of drug-likeness (QED) is 0.620. The topological polar surface area (TPSA) is 107 Å². The van der Waals surface area contributed by atoms with E-state index in [1.54, 1.807) is 6.20 Å². The first-order valence-electron chi connectivity index (χ1n) is 6.67. The van der Waals surface area contributed by atoms with E-state index in [9.17, 15) is 9.59 Å². The van der Waals surface area contributed by atoms with Gasteiger partial charge in [0.05, 0.1) is 6.33 Å². The van der Waals surface area contributed by atoms with Gasteiger partial charge < -0.3 is 20.7 Å². The van der Waals surface area contributed by atoms with E-state index in [0.717, 1.165) is 12.8 Å². The summed E-state index contributed by atoms with van der Waals surface area (Å²) in [6.07, 6.45) is 5.40. The molecular weight excluding hydrogens is 260 g/mol. The summed E-state index contributed by atoms with van der Waals surface area (Å²) in [5.74, 6) is -0.594. The molecule has 7 nitrogen and oxygen atoms in total. The average molecular weight is 280 g/mol. The summed E-state index contributed by atoms with van der Waals surface area (Å²) in [5, 5.41) is 14.5. The number of nitrogens with one attached hydrogen (secondary N) is 3. The SMILES string of the molecule is CC(C)(NC(=O)N[C@H](Cc1cnc[nH]1)C(=O)O)C1CC1. The number of nitrogens with zero attached hydrogens (tertiary/aromatic N) is 1. The standard InChI is InChI=1S/C13H20N4O3/c1-13(2,8-3-4-8)17-12(20)16-10(11(18)19)5-9-6-14-7-15-9/h6-8,10H,3-5H2,1-2H3,(H,14,15)(H,18,19)(H2,16,17,20)/t10-/m1/s1. The highest BCUT2D eigenvalue weighted by molar-refractivity contribution is 5.83. The lowest BCUT2D eigenvalue weighted by atomic mass is 9.99. The second-order valence-electron chi connectivity index (χ2n) is 5.77. The molecule has 0 aliphatic heterocycles. The smallest absolute Gasteiger partial charge is 0.326 e. The number of carbonyl (C=O) groups is 2. The summed E-state index contributed by atoms with van der Waals surface area (Å²) in [5.41, 5.74) is 0.361. The summed E-state index contributed by atoms with van der Waals surface area (Å²) >= 11 is 0. The monoisotopic (exact) mass is 280 g/mol. The number of hydrogen-bond donors (Lipinski definition) is 4. The fourth-order valence-electron chi connectivity index (χ4n) is 2.21. The molecule has 1 aromatic heterocycles. The minimum Gasteiger partial charge on any atom is -0.480 e. The van der Waals surface area contributed by atoms with Gasteiger partial charge in [-0.2, -0.15) is 0 Å². The van der Waals surface area contributed by atoms with E-state index in [1.807, 2.05) is 13.8 Å². The molecule has 1 aromatic rings. The van der Waals surface area contributed by atoms with Gasteiger partial charge in [-0.15, -0.1) is 0 Å². The van der Waals surface area contributed by atoms with Crippen molar-refractivity contribution in [3.8, 4) is 0 Å². The maximum atomic E-state index is 11.9. The number of aliphatic carboxylic acids is 1. The van der Waals surface area contributed by atoms with Crippen molar-refractivity contribution in [3.63, 3.8) is 0 Å². The third-order valence-corrected chi connectivity index (χ3v) is 3.62. The first-order valence-corrected chi connectivity index (χ1v) is 6.67. The number of H-pyrrole nitrogens is 1. The molecule has 1 saturated carbocycles. The molecule has 0 radical (unpaired) electrons. The van der Waals surface area contributed by atoms with Crippen LogP contribution in [0, 0.1) is 5.92 Å². The van der Waals surface area contributed by atoms with Gasteiger partial charge in [0.2, 0.25) is 0 Å². The molecule has 1 atom stereocenters. The molecule has 1 aliphatic rings. The van der Waals surface area contributed by atoms with E-state index in [1.165, 1.54) is 6.33 Å². The highest BCUT2D eigenvalue weighted by Crippen LogP contribution is 2.39. The van der Waals surface area contributed by atoms with Gasteiger partial charge in [0.15, 0.2) is 0 Å². The van der Waals surface area contributed by atoms with E-state index in [2.05, 4.69) is 20.6 Å². The van der Waals surface area contributed by atoms with Crippen molar-refractivity contribution in [1.29, 1.82) is 0 Å². The highest BCUT2D eigenvalue weighted by atomic mass is 16.4. The molecule has 20 heavy (non-hydrogen) atoms. The van der Waals surface area contributed by atoms with Gasteiger partial charge >= 0.3 is 12.0 Å². The molecule has 7 heteroatoms. The lowest BCUT2D eigenvalue weighted by molar-refractivity contribution is -0.139. The van der Waals surface area contributed by atoms with Gasteiger partial charge in [0, 0.05) is 23.9 Å². The van der Waals surface area contributed by atoms with Gasteiger partial charge in [-0.1, -0.05) is 0 Å². The largest absolute Gasteiger partial charge is 0.480 e. The van der Waals surface area contributed by atoms with E-state index in [-0.39, 0.29) is 12.0 Å². The van der Waals surface area contributed by atoms with E-state index < -0.39 is 18.0 Å². The molecule has 1 fully saturated rings. The number of imidazole rings is 1. The molecule has 110 valence electrons. The van der Waals surface area contributed by atoms with Crippen LogP contribution in [-0.4, -0.2) is 38.7 Å². The number of carbonyl (C=O) groups excluding carboxylic acids is 1. The number of hydrogen-bond acceptors (Lipinski definition) is 3. The highest BCUT2D eigenvalue weighted by Gasteiger charge is 2.39. The molecule has 0 aromatic carbocycles. The van der Waals surface area contributed by atoms with Crippen LogP contribution < -0.4 is 10.6 Å². The number of aromatic nitrogens is 2. The molecule has 0 unspecified atom stereocenters. The predicted molar refractivity (Wildman–Crippen MR) is 72.2 cm³/mol. The molecule has 0 spiro atoms. The van der Waals surface area contributed by atoms with Crippen molar-refractivity contribution in [1.82, 2.24) is 20.6 Å². The lowest BCUT2D eigenvalue weighted by Crippen LogP contribution is -2.54. The van der Waals surface area contributed by atoms with Gasteiger partial charge in [-0.05, 0) is 32.6 Å². The Morgan fingerprint density at radius 1 is 1.55 bits per heavy atom. The van der Waals surface area contributed by atoms with Gasteiger partial charge in [0.25, 0.3) is 0 Å². The fourth-order valence-corrected chi connectivity index (χ4v) is 2.21. The zero-order valence-electron chi connectivity index (χ0n) is 11.6. The van der Waals surface area contributed by atoms with E-state index in [0.29, 0.717) is 11.6 Å². The summed E-state index contributed by atoms with van der Waals surface area (Å²) < 4.78 is 0. The molecule has 0 bridgehead atoms. The van der Waals surface area contributed by atoms with Crippen LogP contribution in [0.25, 0.3) is 0 Å². The first-order chi connectivity index (χ1) is 9.38. The second kappa shape index (κ2) is 5.52. The van der Waals surface area contributed by atoms with Crippen LogP contribution in [0.1, 0.15) is 32.4 Å². The van der Waals surface area contributed by atoms with E-state index >= 15 is 0 Å². The van der Waals surface area contributed by atoms with Crippen LogP contribution in [0.5, 0.6) is 0 Å². The number of urea groups is 1. The average Bonchev–Trinajstić information content (AvgIpc) is 3.08. The Balaban J connectivity index is 1.90. The van der Waals surface area contributed by atoms with Crippen LogP contribution in [0.4, 0.5) is 4.79 Å². The summed E-state index contributed by atoms with van der Waals surface area (Å²) in [7, 11) is 0. The third-order valence-electron chi connectivity index (χ3n) is 3.62. The molecule has 2 amide bonds. The number of amides is 2. The minimum absolute atomic E-state index is 0.173. The lowest BCUT2D eigenvalue weighted by Gasteiger charge is -2.27. The molecule has 4 N–H and O–H groups in total. The summed E-state index contributed by atoms with van der Waals surface area (Å²) in [6, 6.07) is -1.43. The predicted octanol–water partition coefficient (Wildman–Crippen LogP) is 0.893. The van der Waals surface area contributed by atoms with Crippen LogP contribution in [0.2, 0.25) is 0 Å². The van der Waals surface area contributed by atoms with Crippen molar-refractivity contribution in [2.75, 3.05) is 0 Å². The number of rotatable bonds is 6. The molecule has 1 aliphatic carbocycles. The normalized spacial score (nSPS) is 16.5. The number of aromatic amines is 1. The van der Waals surface area contributed by atoms with Crippen molar-refractivity contribution >= 4 is 12.0 Å². The van der Waals surface area contributed by atoms with Gasteiger partial charge in [-0.25, -0.2) is 14.6 Å². The Morgan fingerprint density at radius 2 is 2.25 bits per heavy atom. The Bertz CT molecular complexity index is 480. The second-order valence-corrected chi connectivity index (χ2v) is 5.77. The Labute approximate surface area is 117 Å². The zero-order chi connectivity index (χ0) is 14.8. The zero-order valence-corrected chi connectivity index (χ0v) is 11.6. The van der Waals surface area contributed by atoms with Crippen molar-refractivity contribution in [2.45, 2.75) is 44.7 Å². The van der Waals surface area contributed by atoms with E-state index in [4.69, 9.17) is 5.11 Å². The first kappa shape index (κ1) is 14.4. The van der Waals surface area contributed by atoms with Crippen molar-refractivity contribution in [3.05, 3.63) is 18.2 Å². The van der Waals surface area contributed by atoms with Crippen LogP contribution in [-0.2, 0) is 11.2 Å². The molecule has 1 heterocycles. The number of carboxylic acid groups (broad SMARTS) is 1. The van der Waals surface area contributed by atoms with Crippen LogP contribution in [0.15, 0.2) is 12.5 Å². The fraction of sp³-hybridized carbons (Fsp3) is 0.615. The Morgan fingerprint density at radius 3 is 2.75 bits per heavy atom. The molecular formula is C13H20N4O3. The summed E-state index contributed by atoms with van der Waals surface area (Å²) in [6.45, 7) is 3.91. The van der Waals surface area contributed by atoms with Crippen LogP contribution >= 0.6 is 0 Å². The summed E-state index contributed by atoms with van der Waals surface area (Å²) in [4.78, 5) is 29.8. The third kappa shape index (κ3) is 3.72. The van der Waals surface area contributed by atoms with Gasteiger partial charge in [-0.3, -0.25) is 0 Å². The van der Waals surface area contributed by atoms with Crippen molar-refractivity contribution < 1.29 is 14.7 Å². The van der Waals surface area contributed by atoms with Crippen molar-refractivity contribution in [2.24, 2.45) is 5.92 Å².